The third-order valence-electron chi connectivity index (χ3n) is 4.42. The van der Waals surface area contributed by atoms with Crippen molar-refractivity contribution in [2.45, 2.75) is 51.6 Å². The molecular formula is C20H24ClNO4S. The molecule has 0 saturated heterocycles. The molecule has 0 aliphatic rings. The molecule has 2 aromatic carbocycles. The predicted octanol–water partition coefficient (Wildman–Crippen LogP) is 4.56. The molecule has 0 saturated carbocycles. The van der Waals surface area contributed by atoms with Crippen LogP contribution in [0.2, 0.25) is 5.02 Å². The van der Waals surface area contributed by atoms with E-state index in [-0.39, 0.29) is 27.6 Å². The first kappa shape index (κ1) is 21.3. The minimum absolute atomic E-state index is 0.00134. The second kappa shape index (κ2) is 8.76. The Balaban J connectivity index is 2.19. The maximum absolute atomic E-state index is 12.6. The van der Waals surface area contributed by atoms with E-state index in [1.54, 1.807) is 55.1 Å². The summed E-state index contributed by atoms with van der Waals surface area (Å²) in [7, 11) is -4.04. The van der Waals surface area contributed by atoms with E-state index in [1.807, 2.05) is 13.8 Å². The number of benzene rings is 2. The van der Waals surface area contributed by atoms with Crippen molar-refractivity contribution in [1.29, 1.82) is 0 Å². The van der Waals surface area contributed by atoms with E-state index in [1.165, 1.54) is 6.07 Å². The Morgan fingerprint density at radius 3 is 2.33 bits per heavy atom. The number of aryl methyl sites for hydroxylation is 1. The van der Waals surface area contributed by atoms with Crippen molar-refractivity contribution in [2.75, 3.05) is 0 Å². The van der Waals surface area contributed by atoms with Gasteiger partial charge in [0.2, 0.25) is 5.91 Å². The average Bonchev–Trinajstić information content (AvgIpc) is 2.59. The topological polar surface area (TPSA) is 63.7 Å². The lowest BCUT2D eigenvalue weighted by Crippen LogP contribution is -2.36. The maximum Gasteiger partial charge on any atom is 0.340 e. The average molecular weight is 410 g/mol. The quantitative estimate of drug-likeness (QED) is 0.628. The molecule has 0 fully saturated rings. The third-order valence-corrected chi connectivity index (χ3v) is 6.30. The number of carbonyl (C=O) groups is 1. The zero-order valence-electron chi connectivity index (χ0n) is 15.9. The summed E-state index contributed by atoms with van der Waals surface area (Å²) in [6, 6.07) is 11.6. The Morgan fingerprint density at radius 1 is 1.19 bits per heavy atom. The number of carbonyl (C=O) groups excluding carboxylic acids is 1. The van der Waals surface area contributed by atoms with Gasteiger partial charge >= 0.3 is 10.1 Å². The number of nitrogens with zero attached hydrogens (tertiary/aromatic N) is 1. The molecule has 0 aliphatic carbocycles. The van der Waals surface area contributed by atoms with Crippen molar-refractivity contribution in [2.24, 2.45) is 0 Å². The monoisotopic (exact) mass is 409 g/mol. The van der Waals surface area contributed by atoms with Crippen molar-refractivity contribution in [3.63, 3.8) is 0 Å². The highest BCUT2D eigenvalue weighted by molar-refractivity contribution is 7.87. The first-order valence-electron chi connectivity index (χ1n) is 8.71. The number of halogens is 1. The molecule has 0 bridgehead atoms. The first-order chi connectivity index (χ1) is 12.7. The highest BCUT2D eigenvalue weighted by Crippen LogP contribution is 2.28. The lowest BCUT2D eigenvalue weighted by Gasteiger charge is -2.27. The van der Waals surface area contributed by atoms with Gasteiger partial charge in [-0.2, -0.15) is 8.42 Å². The van der Waals surface area contributed by atoms with Gasteiger partial charge in [-0.1, -0.05) is 42.8 Å². The van der Waals surface area contributed by atoms with Crippen LogP contribution in [0.15, 0.2) is 47.4 Å². The van der Waals surface area contributed by atoms with E-state index in [0.717, 1.165) is 12.0 Å². The van der Waals surface area contributed by atoms with Crippen LogP contribution in [0, 0.1) is 6.92 Å². The number of rotatable bonds is 7. The summed E-state index contributed by atoms with van der Waals surface area (Å²) < 4.78 is 30.4. The summed E-state index contributed by atoms with van der Waals surface area (Å²) in [6.45, 7) is 7.69. The summed E-state index contributed by atoms with van der Waals surface area (Å²) in [5, 5.41) is 0.122. The van der Waals surface area contributed by atoms with Gasteiger partial charge in [0.15, 0.2) is 0 Å². The van der Waals surface area contributed by atoms with E-state index in [0.29, 0.717) is 12.1 Å². The summed E-state index contributed by atoms with van der Waals surface area (Å²) in [4.78, 5) is 13.6. The summed E-state index contributed by atoms with van der Waals surface area (Å²) in [6.07, 6.45) is 0.857. The lowest BCUT2D eigenvalue weighted by molar-refractivity contribution is -0.131. The van der Waals surface area contributed by atoms with Gasteiger partial charge in [-0.25, -0.2) is 0 Å². The van der Waals surface area contributed by atoms with Crippen LogP contribution in [0.5, 0.6) is 5.75 Å². The SMILES string of the molecule is CCC(C)N(Cc1ccc(OS(=O)(=O)c2c(C)cccc2Cl)cc1)C(C)=O. The largest absolute Gasteiger partial charge is 0.379 e. The Kier molecular flexibility index (Phi) is 6.89. The Morgan fingerprint density at radius 2 is 1.81 bits per heavy atom. The minimum atomic E-state index is -4.04. The van der Waals surface area contributed by atoms with Crippen LogP contribution in [-0.4, -0.2) is 25.3 Å². The van der Waals surface area contributed by atoms with Crippen LogP contribution in [0.3, 0.4) is 0 Å². The summed E-state index contributed by atoms with van der Waals surface area (Å²) in [5.74, 6) is 0.192. The molecule has 0 spiro atoms. The third kappa shape index (κ3) is 5.23. The molecule has 27 heavy (non-hydrogen) atoms. The van der Waals surface area contributed by atoms with Crippen LogP contribution >= 0.6 is 11.6 Å². The van der Waals surface area contributed by atoms with Gasteiger partial charge in [0.25, 0.3) is 0 Å². The fourth-order valence-corrected chi connectivity index (χ4v) is 4.47. The summed E-state index contributed by atoms with van der Waals surface area (Å²) >= 11 is 6.04. The van der Waals surface area contributed by atoms with Crippen molar-refractivity contribution < 1.29 is 17.4 Å². The van der Waals surface area contributed by atoms with E-state index >= 15 is 0 Å². The van der Waals surface area contributed by atoms with Gasteiger partial charge in [-0.3, -0.25) is 4.79 Å². The molecule has 146 valence electrons. The molecule has 2 aromatic rings. The lowest BCUT2D eigenvalue weighted by atomic mass is 10.1. The fraction of sp³-hybridized carbons (Fsp3) is 0.350. The van der Waals surface area contributed by atoms with Gasteiger partial charge < -0.3 is 9.08 Å². The smallest absolute Gasteiger partial charge is 0.340 e. The molecule has 2 rings (SSSR count). The highest BCUT2D eigenvalue weighted by atomic mass is 35.5. The van der Waals surface area contributed by atoms with Gasteiger partial charge in [-0.05, 0) is 49.6 Å². The molecule has 0 N–H and O–H groups in total. The van der Waals surface area contributed by atoms with Gasteiger partial charge in [0.05, 0.1) is 5.02 Å². The van der Waals surface area contributed by atoms with Gasteiger partial charge in [0.1, 0.15) is 10.6 Å². The predicted molar refractivity (Wildman–Crippen MR) is 106 cm³/mol. The van der Waals surface area contributed by atoms with Gasteiger partial charge in [0, 0.05) is 19.5 Å². The number of amides is 1. The Hall–Kier alpha value is -2.05. The molecule has 5 nitrogen and oxygen atoms in total. The zero-order valence-corrected chi connectivity index (χ0v) is 17.5. The number of hydrogen-bond acceptors (Lipinski definition) is 4. The molecule has 0 aliphatic heterocycles. The van der Waals surface area contributed by atoms with Crippen LogP contribution in [0.4, 0.5) is 0 Å². The van der Waals surface area contributed by atoms with Crippen molar-refractivity contribution in [3.05, 3.63) is 58.6 Å². The van der Waals surface area contributed by atoms with E-state index < -0.39 is 10.1 Å². The zero-order chi connectivity index (χ0) is 20.2. The molecule has 0 radical (unpaired) electrons. The first-order valence-corrected chi connectivity index (χ1v) is 10.5. The molecule has 1 amide bonds. The standard InChI is InChI=1S/C20H24ClNO4S/c1-5-15(3)22(16(4)23)13-17-9-11-18(12-10-17)26-27(24,25)20-14(2)7-6-8-19(20)21/h6-12,15H,5,13H2,1-4H3. The van der Waals surface area contributed by atoms with Crippen molar-refractivity contribution >= 4 is 27.6 Å². The van der Waals surface area contributed by atoms with Crippen LogP contribution in [0.1, 0.15) is 38.3 Å². The van der Waals surface area contributed by atoms with Crippen LogP contribution in [-0.2, 0) is 21.5 Å². The van der Waals surface area contributed by atoms with E-state index in [9.17, 15) is 13.2 Å². The minimum Gasteiger partial charge on any atom is -0.379 e. The molecule has 1 unspecified atom stereocenters. The highest BCUT2D eigenvalue weighted by Gasteiger charge is 2.23. The molecule has 0 heterocycles. The summed E-state index contributed by atoms with van der Waals surface area (Å²) in [5.41, 5.74) is 1.41. The maximum atomic E-state index is 12.6. The number of hydrogen-bond donors (Lipinski definition) is 0. The fourth-order valence-electron chi connectivity index (χ4n) is 2.75. The molecule has 0 aromatic heterocycles. The Bertz CT molecular complexity index is 890. The van der Waals surface area contributed by atoms with Crippen molar-refractivity contribution in [3.8, 4) is 5.75 Å². The second-order valence-corrected chi connectivity index (χ2v) is 8.36. The molecular weight excluding hydrogens is 386 g/mol. The van der Waals surface area contributed by atoms with Crippen molar-refractivity contribution in [1.82, 2.24) is 4.90 Å². The molecule has 1 atom stereocenters. The molecule has 7 heteroatoms. The normalized spacial score (nSPS) is 12.5. The second-order valence-electron chi connectivity index (χ2n) is 6.47. The van der Waals surface area contributed by atoms with E-state index in [2.05, 4.69) is 0 Å². The van der Waals surface area contributed by atoms with Gasteiger partial charge in [-0.15, -0.1) is 0 Å². The van der Waals surface area contributed by atoms with Crippen LogP contribution < -0.4 is 4.18 Å². The Labute approximate surface area is 166 Å². The van der Waals surface area contributed by atoms with E-state index in [4.69, 9.17) is 15.8 Å². The van der Waals surface area contributed by atoms with Crippen LogP contribution in [0.25, 0.3) is 0 Å².